The Balaban J connectivity index is 2.92. The van der Waals surface area contributed by atoms with E-state index in [4.69, 9.17) is 9.72 Å². The number of hydrogen-bond donors (Lipinski definition) is 0. The second kappa shape index (κ2) is 11.3. The van der Waals surface area contributed by atoms with Crippen LogP contribution in [0.25, 0.3) is 0 Å². The summed E-state index contributed by atoms with van der Waals surface area (Å²) in [5.41, 5.74) is 0. The maximum atomic E-state index is 5.33. The van der Waals surface area contributed by atoms with Crippen molar-refractivity contribution in [1.82, 2.24) is 4.98 Å². The Morgan fingerprint density at radius 2 is 1.50 bits per heavy atom. The number of rotatable bonds is 12. The van der Waals surface area contributed by atoms with E-state index in [1.54, 1.807) is 7.11 Å². The second-order valence-corrected chi connectivity index (χ2v) is 11.5. The zero-order chi connectivity index (χ0) is 16.3. The van der Waals surface area contributed by atoms with Crippen molar-refractivity contribution in [2.24, 2.45) is 0 Å². The van der Waals surface area contributed by atoms with Crippen LogP contribution < -0.4 is 8.45 Å². The second-order valence-electron chi connectivity index (χ2n) is 6.28. The molecule has 3 heteroatoms. The molecule has 0 aliphatic heterocycles. The Hall–Kier alpha value is -0.251. The van der Waals surface area contributed by atoms with E-state index in [0.29, 0.717) is 3.43 Å². The Kier molecular flexibility index (Phi) is 10.2. The van der Waals surface area contributed by atoms with Gasteiger partial charge < -0.3 is 0 Å². The SMILES string of the molecule is CCCC[C](CCCC)(CCCC)[Sn][c]1cccc(OC)n1. The fourth-order valence-electron chi connectivity index (χ4n) is 2.98. The summed E-state index contributed by atoms with van der Waals surface area (Å²) in [4.78, 5) is 4.75. The number of unbranched alkanes of at least 4 members (excludes halogenated alkanes) is 3. The summed E-state index contributed by atoms with van der Waals surface area (Å²) < 4.78 is 7.30. The number of nitrogens with zero attached hydrogens (tertiary/aromatic N) is 1. The van der Waals surface area contributed by atoms with E-state index in [0.717, 1.165) is 5.88 Å². The molecule has 124 valence electrons. The van der Waals surface area contributed by atoms with Crippen molar-refractivity contribution in [3.63, 3.8) is 0 Å². The molecule has 0 N–H and O–H groups in total. The normalized spacial score (nSPS) is 11.6. The van der Waals surface area contributed by atoms with Crippen molar-refractivity contribution in [1.29, 1.82) is 0 Å². The van der Waals surface area contributed by atoms with Gasteiger partial charge in [0.25, 0.3) is 0 Å². The van der Waals surface area contributed by atoms with Crippen LogP contribution in [0.5, 0.6) is 5.88 Å². The van der Waals surface area contributed by atoms with Crippen molar-refractivity contribution < 1.29 is 4.74 Å². The van der Waals surface area contributed by atoms with Gasteiger partial charge in [0.15, 0.2) is 0 Å². The quantitative estimate of drug-likeness (QED) is 0.445. The van der Waals surface area contributed by atoms with Gasteiger partial charge in [-0.3, -0.25) is 0 Å². The van der Waals surface area contributed by atoms with E-state index in [1.165, 1.54) is 61.5 Å². The van der Waals surface area contributed by atoms with Crippen LogP contribution in [0.1, 0.15) is 78.6 Å². The van der Waals surface area contributed by atoms with Gasteiger partial charge in [-0.15, -0.1) is 0 Å². The molecule has 1 rings (SSSR count). The third kappa shape index (κ3) is 6.89. The molecule has 2 radical (unpaired) electrons. The molecule has 0 aliphatic rings. The molecule has 0 amide bonds. The number of ether oxygens (including phenoxy) is 1. The molecule has 0 bridgehead atoms. The fraction of sp³-hybridized carbons (Fsp3) is 0.737. The average Bonchev–Trinajstić information content (AvgIpc) is 2.56. The van der Waals surface area contributed by atoms with Crippen molar-refractivity contribution in [2.75, 3.05) is 7.11 Å². The molecule has 0 spiro atoms. The number of hydrogen-bond acceptors (Lipinski definition) is 2. The molecular weight excluding hydrogens is 377 g/mol. The van der Waals surface area contributed by atoms with Crippen LogP contribution in [-0.4, -0.2) is 33.2 Å². The topological polar surface area (TPSA) is 22.1 Å². The summed E-state index contributed by atoms with van der Waals surface area (Å²) in [5.74, 6) is 0.786. The molecule has 0 saturated heterocycles. The first-order chi connectivity index (χ1) is 10.7. The van der Waals surface area contributed by atoms with E-state index >= 15 is 0 Å². The predicted molar refractivity (Wildman–Crippen MR) is 97.4 cm³/mol. The van der Waals surface area contributed by atoms with Crippen LogP contribution in [0.3, 0.4) is 0 Å². The molecule has 0 fully saturated rings. The van der Waals surface area contributed by atoms with Crippen molar-refractivity contribution in [2.45, 2.75) is 82.0 Å². The van der Waals surface area contributed by atoms with E-state index in [9.17, 15) is 0 Å². The van der Waals surface area contributed by atoms with Gasteiger partial charge in [0, 0.05) is 0 Å². The summed E-state index contributed by atoms with van der Waals surface area (Å²) in [6.45, 7) is 6.96. The number of aromatic nitrogens is 1. The summed E-state index contributed by atoms with van der Waals surface area (Å²) in [5, 5.41) is 0. The van der Waals surface area contributed by atoms with E-state index in [1.807, 2.05) is 6.07 Å². The Labute approximate surface area is 147 Å². The van der Waals surface area contributed by atoms with Gasteiger partial charge in [-0.2, -0.15) is 0 Å². The molecule has 1 heterocycles. The monoisotopic (exact) mass is 411 g/mol. The van der Waals surface area contributed by atoms with E-state index in [-0.39, 0.29) is 0 Å². The minimum atomic E-state index is -0.720. The van der Waals surface area contributed by atoms with Gasteiger partial charge in [-0.05, 0) is 0 Å². The number of pyridine rings is 1. The first kappa shape index (κ1) is 19.8. The molecule has 0 aliphatic carbocycles. The van der Waals surface area contributed by atoms with Crippen LogP contribution in [-0.2, 0) is 0 Å². The Morgan fingerprint density at radius 1 is 0.955 bits per heavy atom. The third-order valence-corrected chi connectivity index (χ3v) is 9.53. The molecule has 0 atom stereocenters. The van der Waals surface area contributed by atoms with E-state index in [2.05, 4.69) is 32.9 Å². The first-order valence-electron chi connectivity index (χ1n) is 8.99. The van der Waals surface area contributed by atoms with Gasteiger partial charge in [-0.25, -0.2) is 0 Å². The zero-order valence-corrected chi connectivity index (χ0v) is 17.8. The van der Waals surface area contributed by atoms with Crippen LogP contribution >= 0.6 is 0 Å². The van der Waals surface area contributed by atoms with Gasteiger partial charge in [0.1, 0.15) is 0 Å². The Morgan fingerprint density at radius 3 is 1.95 bits per heavy atom. The summed E-state index contributed by atoms with van der Waals surface area (Å²) >= 11 is -0.720. The maximum absolute atomic E-state index is 5.33. The summed E-state index contributed by atoms with van der Waals surface area (Å²) in [7, 11) is 1.72. The van der Waals surface area contributed by atoms with Crippen molar-refractivity contribution in [3.05, 3.63) is 18.2 Å². The first-order valence-corrected chi connectivity index (χ1v) is 11.8. The van der Waals surface area contributed by atoms with Crippen molar-refractivity contribution >= 4 is 24.9 Å². The molecule has 22 heavy (non-hydrogen) atoms. The molecule has 1 aromatic heterocycles. The predicted octanol–water partition coefficient (Wildman–Crippen LogP) is 5.15. The molecule has 1 aromatic rings. The van der Waals surface area contributed by atoms with Crippen LogP contribution in [0.4, 0.5) is 0 Å². The average molecular weight is 410 g/mol. The van der Waals surface area contributed by atoms with Gasteiger partial charge in [0.05, 0.1) is 0 Å². The molecule has 0 saturated carbocycles. The van der Waals surface area contributed by atoms with Crippen molar-refractivity contribution in [3.8, 4) is 5.88 Å². The van der Waals surface area contributed by atoms with Crippen LogP contribution in [0.15, 0.2) is 18.2 Å². The summed E-state index contributed by atoms with van der Waals surface area (Å²) in [6.07, 6.45) is 12.3. The van der Waals surface area contributed by atoms with Crippen LogP contribution in [0, 0.1) is 0 Å². The van der Waals surface area contributed by atoms with Gasteiger partial charge in [-0.1, -0.05) is 0 Å². The molecule has 0 aromatic carbocycles. The molecule has 0 unspecified atom stereocenters. The molecule has 2 nitrogen and oxygen atoms in total. The standard InChI is InChI=1S/C13H27.C6H6NO.Sn/c1-4-7-10-13(11-8-5-2)12-9-6-3;1-8-6-4-2-3-5-7-6;/h4-12H2,1-3H3;2-4H,1H3;. The fourth-order valence-corrected chi connectivity index (χ4v) is 8.10. The van der Waals surface area contributed by atoms with Gasteiger partial charge in [0.2, 0.25) is 0 Å². The third-order valence-electron chi connectivity index (χ3n) is 4.35. The minimum absolute atomic E-state index is 0.602. The van der Waals surface area contributed by atoms with Crippen LogP contribution in [0.2, 0.25) is 3.43 Å². The van der Waals surface area contributed by atoms with E-state index < -0.39 is 21.1 Å². The summed E-state index contributed by atoms with van der Waals surface area (Å²) in [6, 6.07) is 6.33. The van der Waals surface area contributed by atoms with Gasteiger partial charge >= 0.3 is 148 Å². The zero-order valence-electron chi connectivity index (χ0n) is 15.0. The molecular formula is C19H33NOSn. The number of methoxy groups -OCH3 is 1. The Bertz CT molecular complexity index is 386.